The summed E-state index contributed by atoms with van der Waals surface area (Å²) in [6, 6.07) is 14.8. The van der Waals surface area contributed by atoms with Crippen molar-refractivity contribution in [2.45, 2.75) is 12.2 Å². The number of hydrogen-bond donors (Lipinski definition) is 0. The third-order valence-corrected chi connectivity index (χ3v) is 4.93. The van der Waals surface area contributed by atoms with Crippen LogP contribution in [0, 0.1) is 5.92 Å². The van der Waals surface area contributed by atoms with Crippen LogP contribution in [0.5, 0.6) is 5.75 Å². The maximum Gasteiger partial charge on any atom is 0.235 e. The highest BCUT2D eigenvalue weighted by atomic mass is 35.5. The summed E-state index contributed by atoms with van der Waals surface area (Å²) < 4.78 is 17.8. The Morgan fingerprint density at radius 3 is 2.68 bits per heavy atom. The zero-order valence-corrected chi connectivity index (χ0v) is 13.8. The van der Waals surface area contributed by atoms with E-state index in [9.17, 15) is 4.79 Å². The first-order chi connectivity index (χ1) is 12.2. The number of rotatable bonds is 1. The van der Waals surface area contributed by atoms with E-state index in [-0.39, 0.29) is 29.3 Å². The van der Waals surface area contributed by atoms with Gasteiger partial charge in [-0.05, 0) is 29.8 Å². The normalized spacial score (nSPS) is 23.6. The van der Waals surface area contributed by atoms with E-state index in [1.165, 1.54) is 0 Å². The Kier molecular flexibility index (Phi) is 3.15. The molecule has 3 atom stereocenters. The number of hydrogen-bond acceptors (Lipinski definition) is 4. The number of fused-ring (bicyclic) bond motifs is 4. The molecular weight excluding hydrogens is 340 g/mol. The van der Waals surface area contributed by atoms with Gasteiger partial charge in [-0.2, -0.15) is 0 Å². The van der Waals surface area contributed by atoms with Crippen molar-refractivity contribution in [2.75, 3.05) is 0 Å². The highest BCUT2D eigenvalue weighted by Gasteiger charge is 2.44. The molecule has 0 aliphatic carbocycles. The SMILES string of the molecule is O=c1c2c(oc3ccc(Cl)cc13)C1OC=CC1C(c1ccccc1)O2. The van der Waals surface area contributed by atoms with Crippen molar-refractivity contribution in [3.63, 3.8) is 0 Å². The third kappa shape index (κ3) is 2.18. The quantitative estimate of drug-likeness (QED) is 0.632. The molecule has 2 aliphatic heterocycles. The summed E-state index contributed by atoms with van der Waals surface area (Å²) in [6.07, 6.45) is 2.92. The van der Waals surface area contributed by atoms with Crippen molar-refractivity contribution in [1.82, 2.24) is 0 Å². The molecule has 2 aliphatic rings. The Hall–Kier alpha value is -2.72. The van der Waals surface area contributed by atoms with Crippen LogP contribution < -0.4 is 10.2 Å². The summed E-state index contributed by atoms with van der Waals surface area (Å²) in [5, 5.41) is 0.884. The predicted octanol–water partition coefficient (Wildman–Crippen LogP) is 4.78. The Balaban J connectivity index is 1.73. The second-order valence-corrected chi connectivity index (χ2v) is 6.61. The molecule has 3 aromatic rings. The van der Waals surface area contributed by atoms with Gasteiger partial charge in [-0.3, -0.25) is 4.79 Å². The van der Waals surface area contributed by atoms with Crippen LogP contribution >= 0.6 is 11.6 Å². The van der Waals surface area contributed by atoms with Crippen LogP contribution in [0.2, 0.25) is 5.02 Å². The Labute approximate surface area is 148 Å². The van der Waals surface area contributed by atoms with Crippen LogP contribution in [0.1, 0.15) is 23.5 Å². The van der Waals surface area contributed by atoms with Crippen molar-refractivity contribution in [3.8, 4) is 5.75 Å². The van der Waals surface area contributed by atoms with Crippen molar-refractivity contribution in [3.05, 3.63) is 87.4 Å². The van der Waals surface area contributed by atoms with Gasteiger partial charge in [0.2, 0.25) is 11.2 Å². The van der Waals surface area contributed by atoms with Crippen LogP contribution in [-0.4, -0.2) is 0 Å². The molecule has 5 rings (SSSR count). The van der Waals surface area contributed by atoms with Crippen LogP contribution in [0.3, 0.4) is 0 Å². The molecule has 1 aromatic heterocycles. The van der Waals surface area contributed by atoms with Gasteiger partial charge in [0, 0.05) is 5.02 Å². The zero-order valence-electron chi connectivity index (χ0n) is 13.0. The van der Waals surface area contributed by atoms with E-state index in [1.54, 1.807) is 24.5 Å². The minimum absolute atomic E-state index is 0.0530. The summed E-state index contributed by atoms with van der Waals surface area (Å²) in [7, 11) is 0. The average Bonchev–Trinajstić information content (AvgIpc) is 3.13. The van der Waals surface area contributed by atoms with Gasteiger partial charge >= 0.3 is 0 Å². The predicted molar refractivity (Wildman–Crippen MR) is 93.8 cm³/mol. The molecule has 2 aromatic carbocycles. The lowest BCUT2D eigenvalue weighted by atomic mass is 9.87. The molecular formula is C20H13ClO4. The molecule has 0 spiro atoms. The van der Waals surface area contributed by atoms with Crippen LogP contribution in [0.25, 0.3) is 11.0 Å². The number of benzene rings is 2. The van der Waals surface area contributed by atoms with Crippen molar-refractivity contribution < 1.29 is 13.9 Å². The van der Waals surface area contributed by atoms with Gasteiger partial charge in [0.1, 0.15) is 11.7 Å². The van der Waals surface area contributed by atoms with Gasteiger partial charge in [-0.15, -0.1) is 0 Å². The van der Waals surface area contributed by atoms with E-state index in [0.29, 0.717) is 21.8 Å². The summed E-state index contributed by atoms with van der Waals surface area (Å²) in [6.45, 7) is 0. The summed E-state index contributed by atoms with van der Waals surface area (Å²) >= 11 is 6.03. The number of halogens is 1. The highest BCUT2D eigenvalue weighted by Crippen LogP contribution is 2.49. The minimum atomic E-state index is -0.373. The minimum Gasteiger partial charge on any atom is -0.489 e. The maximum atomic E-state index is 13.0. The molecule has 3 unspecified atom stereocenters. The molecule has 0 saturated heterocycles. The lowest BCUT2D eigenvalue weighted by Gasteiger charge is -2.33. The Bertz CT molecular complexity index is 1050. The topological polar surface area (TPSA) is 48.7 Å². The molecule has 3 heterocycles. The lowest BCUT2D eigenvalue weighted by Crippen LogP contribution is -2.30. The van der Waals surface area contributed by atoms with Crippen LogP contribution in [0.15, 0.2) is 70.1 Å². The fourth-order valence-electron chi connectivity index (χ4n) is 3.51. The molecule has 5 heteroatoms. The van der Waals surface area contributed by atoms with E-state index in [2.05, 4.69) is 0 Å². The smallest absolute Gasteiger partial charge is 0.235 e. The van der Waals surface area contributed by atoms with E-state index in [4.69, 9.17) is 25.5 Å². The Morgan fingerprint density at radius 2 is 1.84 bits per heavy atom. The molecule has 0 bridgehead atoms. The van der Waals surface area contributed by atoms with Crippen molar-refractivity contribution in [1.29, 1.82) is 0 Å². The fourth-order valence-corrected chi connectivity index (χ4v) is 3.69. The van der Waals surface area contributed by atoms with Crippen LogP contribution in [-0.2, 0) is 4.74 Å². The number of ether oxygens (including phenoxy) is 2. The van der Waals surface area contributed by atoms with Crippen molar-refractivity contribution in [2.24, 2.45) is 5.92 Å². The second-order valence-electron chi connectivity index (χ2n) is 6.18. The first-order valence-corrected chi connectivity index (χ1v) is 8.40. The van der Waals surface area contributed by atoms with Gasteiger partial charge in [-0.1, -0.05) is 41.9 Å². The Morgan fingerprint density at radius 1 is 1.00 bits per heavy atom. The average molecular weight is 353 g/mol. The summed E-state index contributed by atoms with van der Waals surface area (Å²) in [4.78, 5) is 13.0. The summed E-state index contributed by atoms with van der Waals surface area (Å²) in [5.74, 6) is 0.582. The third-order valence-electron chi connectivity index (χ3n) is 4.69. The molecule has 0 saturated carbocycles. The molecule has 0 amide bonds. The molecule has 0 radical (unpaired) electrons. The van der Waals surface area contributed by atoms with E-state index in [0.717, 1.165) is 5.56 Å². The van der Waals surface area contributed by atoms with Gasteiger partial charge in [0.15, 0.2) is 11.9 Å². The second kappa shape index (κ2) is 5.39. The van der Waals surface area contributed by atoms with Gasteiger partial charge < -0.3 is 13.9 Å². The van der Waals surface area contributed by atoms with E-state index < -0.39 is 0 Å². The highest BCUT2D eigenvalue weighted by molar-refractivity contribution is 6.31. The molecule has 4 nitrogen and oxygen atoms in total. The standard InChI is InChI=1S/C20H13ClO4/c21-12-6-7-15-14(10-12)16(22)19-20(24-15)18-13(8-9-23-18)17(25-19)11-4-2-1-3-5-11/h1-10,13,17-18H. The fraction of sp³-hybridized carbons (Fsp3) is 0.150. The molecule has 0 fully saturated rings. The monoisotopic (exact) mass is 352 g/mol. The first kappa shape index (κ1) is 14.6. The molecule has 25 heavy (non-hydrogen) atoms. The first-order valence-electron chi connectivity index (χ1n) is 8.02. The van der Waals surface area contributed by atoms with Gasteiger partial charge in [-0.25, -0.2) is 0 Å². The van der Waals surface area contributed by atoms with Crippen LogP contribution in [0.4, 0.5) is 0 Å². The lowest BCUT2D eigenvalue weighted by molar-refractivity contribution is 0.0159. The maximum absolute atomic E-state index is 13.0. The van der Waals surface area contributed by atoms with Gasteiger partial charge in [0.25, 0.3) is 0 Å². The largest absolute Gasteiger partial charge is 0.489 e. The summed E-state index contributed by atoms with van der Waals surface area (Å²) in [5.41, 5.74) is 1.24. The molecule has 0 N–H and O–H groups in total. The molecule has 124 valence electrons. The van der Waals surface area contributed by atoms with E-state index in [1.807, 2.05) is 36.4 Å². The van der Waals surface area contributed by atoms with E-state index >= 15 is 0 Å². The zero-order chi connectivity index (χ0) is 17.0. The van der Waals surface area contributed by atoms with Gasteiger partial charge in [0.05, 0.1) is 17.6 Å². The van der Waals surface area contributed by atoms with Crippen molar-refractivity contribution >= 4 is 22.6 Å².